The summed E-state index contributed by atoms with van der Waals surface area (Å²) in [4.78, 5) is 28.3. The first kappa shape index (κ1) is 30.1. The maximum absolute atomic E-state index is 10.6. The molecule has 6 N–H and O–H groups in total. The molecule has 0 atom stereocenters. The average molecular weight is 642 g/mol. The van der Waals surface area contributed by atoms with Crippen molar-refractivity contribution in [3.05, 3.63) is 103 Å². The Labute approximate surface area is 274 Å². The monoisotopic (exact) mass is 641 g/mol. The molecule has 1 aliphatic rings. The number of aromatic nitrogens is 8. The molecule has 48 heavy (non-hydrogen) atoms. The van der Waals surface area contributed by atoms with Crippen LogP contribution >= 0.6 is 0 Å². The Bertz CT molecular complexity index is 2190. The van der Waals surface area contributed by atoms with Crippen molar-refractivity contribution in [2.24, 2.45) is 0 Å². The van der Waals surface area contributed by atoms with Crippen LogP contribution in [0.5, 0.6) is 5.75 Å². The molecule has 3 aromatic carbocycles. The molecule has 8 rings (SSSR count). The highest BCUT2D eigenvalue weighted by Gasteiger charge is 2.25. The number of carboxylic acid groups (broad SMARTS) is 1. The molecule has 0 saturated heterocycles. The zero-order chi connectivity index (χ0) is 32.9. The number of aromatic amines is 2. The van der Waals surface area contributed by atoms with Crippen LogP contribution in [0.1, 0.15) is 30.1 Å². The number of aryl methyl sites for hydroxylation is 1. The summed E-state index contributed by atoms with van der Waals surface area (Å²) < 4.78 is 5.16. The molecule has 1 fully saturated rings. The number of hydrogen-bond donors (Lipinski definition) is 6. The molecule has 0 bridgehead atoms. The minimum Gasteiger partial charge on any atom is -0.482 e. The number of ether oxygens (including phenoxy) is 1. The summed E-state index contributed by atoms with van der Waals surface area (Å²) in [6.45, 7) is 1.57. The van der Waals surface area contributed by atoms with Gasteiger partial charge in [-0.2, -0.15) is 15.2 Å². The normalized spacial score (nSPS) is 12.3. The van der Waals surface area contributed by atoms with Crippen molar-refractivity contribution in [2.75, 3.05) is 22.6 Å². The van der Waals surface area contributed by atoms with Crippen LogP contribution < -0.4 is 20.7 Å². The molecule has 14 heteroatoms. The van der Waals surface area contributed by atoms with Gasteiger partial charge in [-0.25, -0.2) is 19.7 Å². The largest absolute Gasteiger partial charge is 0.482 e. The predicted octanol–water partition coefficient (Wildman–Crippen LogP) is 6.59. The SMILES string of the molecule is Cc1cc(Nc2ncnc3ccccc23)n[nH]1.O=C(O)COc1ccc(Nc2nc(Nc3cc(C4CC4)[nH]n3)c3ccccc3n2)cc1. The number of para-hydroxylation sites is 2. The van der Waals surface area contributed by atoms with Gasteiger partial charge in [0.2, 0.25) is 5.95 Å². The number of carbonyl (C=O) groups is 1. The molecule has 4 heterocycles. The van der Waals surface area contributed by atoms with E-state index in [1.54, 1.807) is 30.6 Å². The third-order valence-corrected chi connectivity index (χ3v) is 7.43. The number of benzene rings is 3. The Kier molecular flexibility index (Phi) is 8.42. The molecule has 0 radical (unpaired) electrons. The lowest BCUT2D eigenvalue weighted by Crippen LogP contribution is -2.09. The van der Waals surface area contributed by atoms with Crippen molar-refractivity contribution in [3.8, 4) is 5.75 Å². The molecule has 0 amide bonds. The van der Waals surface area contributed by atoms with E-state index in [4.69, 9.17) is 9.84 Å². The number of anilines is 6. The van der Waals surface area contributed by atoms with Gasteiger partial charge in [-0.1, -0.05) is 24.3 Å². The summed E-state index contributed by atoms with van der Waals surface area (Å²) in [5.74, 6) is 3.37. The lowest BCUT2D eigenvalue weighted by atomic mass is 10.2. The smallest absolute Gasteiger partial charge is 0.341 e. The van der Waals surface area contributed by atoms with Crippen molar-refractivity contribution in [2.45, 2.75) is 25.7 Å². The van der Waals surface area contributed by atoms with E-state index in [0.29, 0.717) is 23.4 Å². The fourth-order valence-corrected chi connectivity index (χ4v) is 4.97. The van der Waals surface area contributed by atoms with Crippen LogP contribution in [-0.2, 0) is 4.79 Å². The second-order valence-electron chi connectivity index (χ2n) is 11.2. The summed E-state index contributed by atoms with van der Waals surface area (Å²) >= 11 is 0. The van der Waals surface area contributed by atoms with Gasteiger partial charge in [0, 0.05) is 45.9 Å². The third kappa shape index (κ3) is 7.28. The van der Waals surface area contributed by atoms with Crippen LogP contribution in [0.2, 0.25) is 0 Å². The van der Waals surface area contributed by atoms with Gasteiger partial charge >= 0.3 is 5.97 Å². The fourth-order valence-electron chi connectivity index (χ4n) is 4.97. The molecule has 0 aliphatic heterocycles. The highest BCUT2D eigenvalue weighted by molar-refractivity contribution is 5.92. The predicted molar refractivity (Wildman–Crippen MR) is 182 cm³/mol. The van der Waals surface area contributed by atoms with Crippen LogP contribution in [0.4, 0.5) is 34.9 Å². The van der Waals surface area contributed by atoms with E-state index in [1.807, 2.05) is 67.6 Å². The standard InChI is InChI=1S/C22H20N6O3.C12H11N5/c29-20(30)12-31-15-9-7-14(8-10-15)23-22-24-17-4-2-1-3-16(17)21(26-22)25-19-11-18(27-28-19)13-5-6-13;1-8-6-11(17-16-8)15-12-9-4-2-3-5-10(9)13-7-14-12/h1-4,7-11,13H,5-6,12H2,(H,29,30)(H3,23,24,25,26,27,28);2-7H,1H3,(H2,13,14,15,16,17). The second-order valence-corrected chi connectivity index (χ2v) is 11.2. The van der Waals surface area contributed by atoms with Crippen molar-refractivity contribution in [1.82, 2.24) is 40.3 Å². The van der Waals surface area contributed by atoms with Gasteiger partial charge in [-0.3, -0.25) is 10.2 Å². The summed E-state index contributed by atoms with van der Waals surface area (Å²) in [7, 11) is 0. The Morgan fingerprint density at radius 3 is 2.23 bits per heavy atom. The number of fused-ring (bicyclic) bond motifs is 2. The maximum atomic E-state index is 10.6. The second kappa shape index (κ2) is 13.4. The Morgan fingerprint density at radius 1 is 0.812 bits per heavy atom. The molecule has 14 nitrogen and oxygen atoms in total. The average Bonchev–Trinajstić information content (AvgIpc) is 3.71. The zero-order valence-electron chi connectivity index (χ0n) is 25.8. The zero-order valence-corrected chi connectivity index (χ0v) is 25.8. The minimum atomic E-state index is -1.02. The topological polar surface area (TPSA) is 192 Å². The molecule has 0 unspecified atom stereocenters. The first-order valence-electron chi connectivity index (χ1n) is 15.3. The molecule has 240 valence electrons. The van der Waals surface area contributed by atoms with Crippen molar-refractivity contribution >= 4 is 62.7 Å². The summed E-state index contributed by atoms with van der Waals surface area (Å²) in [6, 6.07) is 26.5. The molecular weight excluding hydrogens is 610 g/mol. The highest BCUT2D eigenvalue weighted by Crippen LogP contribution is 2.40. The van der Waals surface area contributed by atoms with Gasteiger partial charge in [-0.05, 0) is 68.3 Å². The van der Waals surface area contributed by atoms with E-state index in [9.17, 15) is 4.79 Å². The number of carboxylic acids is 1. The van der Waals surface area contributed by atoms with E-state index in [1.165, 1.54) is 12.8 Å². The van der Waals surface area contributed by atoms with Crippen molar-refractivity contribution < 1.29 is 14.6 Å². The number of aliphatic carboxylic acids is 1. The van der Waals surface area contributed by atoms with Gasteiger partial charge in [0.05, 0.1) is 11.0 Å². The molecule has 1 saturated carbocycles. The number of H-pyrrole nitrogens is 2. The molecule has 4 aromatic heterocycles. The van der Waals surface area contributed by atoms with Crippen LogP contribution in [0, 0.1) is 6.92 Å². The highest BCUT2D eigenvalue weighted by atomic mass is 16.5. The van der Waals surface area contributed by atoms with Crippen molar-refractivity contribution in [1.29, 1.82) is 0 Å². The molecule has 7 aromatic rings. The van der Waals surface area contributed by atoms with Crippen LogP contribution in [0.3, 0.4) is 0 Å². The van der Waals surface area contributed by atoms with Gasteiger partial charge in [-0.15, -0.1) is 0 Å². The van der Waals surface area contributed by atoms with E-state index in [0.717, 1.165) is 56.3 Å². The lowest BCUT2D eigenvalue weighted by molar-refractivity contribution is -0.139. The van der Waals surface area contributed by atoms with Gasteiger partial charge in [0.1, 0.15) is 23.7 Å². The minimum absolute atomic E-state index is 0.384. The Hall–Kier alpha value is -6.57. The molecule has 0 spiro atoms. The number of nitrogens with one attached hydrogen (secondary N) is 5. The first-order valence-corrected chi connectivity index (χ1v) is 15.3. The fraction of sp³-hybridized carbons (Fsp3) is 0.147. The number of hydrogen-bond acceptors (Lipinski definition) is 11. The van der Waals surface area contributed by atoms with Gasteiger partial charge in [0.15, 0.2) is 18.2 Å². The van der Waals surface area contributed by atoms with Crippen LogP contribution in [-0.4, -0.2) is 58.0 Å². The first-order chi connectivity index (χ1) is 23.5. The summed E-state index contributed by atoms with van der Waals surface area (Å²) in [5, 5.41) is 34.7. The molecular formula is C34H31N11O3. The quantitative estimate of drug-likeness (QED) is 0.0941. The van der Waals surface area contributed by atoms with E-state index < -0.39 is 5.97 Å². The van der Waals surface area contributed by atoms with Crippen LogP contribution in [0.15, 0.2) is 91.3 Å². The summed E-state index contributed by atoms with van der Waals surface area (Å²) in [5.41, 5.74) is 4.61. The maximum Gasteiger partial charge on any atom is 0.341 e. The number of rotatable bonds is 10. The number of nitrogens with zero attached hydrogens (tertiary/aromatic N) is 6. The van der Waals surface area contributed by atoms with E-state index >= 15 is 0 Å². The van der Waals surface area contributed by atoms with Gasteiger partial charge in [0.25, 0.3) is 0 Å². The molecule has 1 aliphatic carbocycles. The van der Waals surface area contributed by atoms with E-state index in [2.05, 4.69) is 56.3 Å². The Morgan fingerprint density at radius 2 is 1.50 bits per heavy atom. The van der Waals surface area contributed by atoms with Crippen molar-refractivity contribution in [3.63, 3.8) is 0 Å². The van der Waals surface area contributed by atoms with E-state index in [-0.39, 0.29) is 6.61 Å². The third-order valence-electron chi connectivity index (χ3n) is 7.43. The summed E-state index contributed by atoms with van der Waals surface area (Å²) in [6.07, 6.45) is 3.95. The Balaban J connectivity index is 0.000000180. The van der Waals surface area contributed by atoms with Gasteiger partial charge < -0.3 is 25.8 Å². The lowest BCUT2D eigenvalue weighted by Gasteiger charge is -2.11. The van der Waals surface area contributed by atoms with Crippen LogP contribution in [0.25, 0.3) is 21.8 Å².